The first-order chi connectivity index (χ1) is 11.7. The zero-order chi connectivity index (χ0) is 16.8. The van der Waals surface area contributed by atoms with Gasteiger partial charge in [-0.3, -0.25) is 0 Å². The monoisotopic (exact) mass is 345 g/mol. The van der Waals surface area contributed by atoms with Crippen molar-refractivity contribution < 1.29 is 13.9 Å². The first-order valence-corrected chi connectivity index (χ1v) is 8.17. The third kappa shape index (κ3) is 4.20. The summed E-state index contributed by atoms with van der Waals surface area (Å²) in [5.74, 6) is 0.392. The van der Waals surface area contributed by atoms with Crippen LogP contribution in [0.15, 0.2) is 48.0 Å². The van der Waals surface area contributed by atoms with Gasteiger partial charge in [0.2, 0.25) is 0 Å². The molecule has 1 N–H and O–H groups in total. The molecule has 3 rings (SSSR count). The Morgan fingerprint density at radius 1 is 1.21 bits per heavy atom. The Balaban J connectivity index is 1.61. The molecule has 0 radical (unpaired) electrons. The molecule has 0 saturated carbocycles. The molecule has 0 spiro atoms. The fraction of sp³-hybridized carbons (Fsp3) is 0.176. The van der Waals surface area contributed by atoms with Gasteiger partial charge in [-0.05, 0) is 29.1 Å². The minimum absolute atomic E-state index is 0.126. The van der Waals surface area contributed by atoms with E-state index in [2.05, 4.69) is 15.3 Å². The number of thiophene rings is 1. The summed E-state index contributed by atoms with van der Waals surface area (Å²) in [4.78, 5) is 9.03. The Hall–Kier alpha value is -2.67. The Labute approximate surface area is 143 Å². The smallest absolute Gasteiger partial charge is 0.318 e. The standard InChI is InChI=1S/C17H16FN3O2S/c1-22-13-6-4-12(5-7-13)11-23-17-20-10-15(18)16(21-17)19-9-14-3-2-8-24-14/h2-8,10H,9,11H2,1H3,(H,19,20,21). The lowest BCUT2D eigenvalue weighted by molar-refractivity contribution is 0.279. The number of nitrogens with zero attached hydrogens (tertiary/aromatic N) is 2. The highest BCUT2D eigenvalue weighted by atomic mass is 32.1. The maximum absolute atomic E-state index is 13.8. The van der Waals surface area contributed by atoms with Gasteiger partial charge in [0.25, 0.3) is 0 Å². The van der Waals surface area contributed by atoms with Crippen LogP contribution < -0.4 is 14.8 Å². The predicted molar refractivity (Wildman–Crippen MR) is 91.0 cm³/mol. The molecule has 2 aromatic heterocycles. The van der Waals surface area contributed by atoms with Crippen LogP contribution in [0.2, 0.25) is 0 Å². The zero-order valence-electron chi connectivity index (χ0n) is 13.0. The molecule has 0 aliphatic carbocycles. The molecular weight excluding hydrogens is 329 g/mol. The van der Waals surface area contributed by atoms with Crippen molar-refractivity contribution in [1.82, 2.24) is 9.97 Å². The van der Waals surface area contributed by atoms with E-state index in [4.69, 9.17) is 9.47 Å². The molecule has 0 aliphatic rings. The number of halogens is 1. The molecule has 0 amide bonds. The van der Waals surface area contributed by atoms with E-state index in [1.165, 1.54) is 0 Å². The van der Waals surface area contributed by atoms with Crippen molar-refractivity contribution in [2.24, 2.45) is 0 Å². The second kappa shape index (κ2) is 7.74. The quantitative estimate of drug-likeness (QED) is 0.704. The van der Waals surface area contributed by atoms with Crippen LogP contribution in [0.3, 0.4) is 0 Å². The molecule has 124 valence electrons. The fourth-order valence-corrected chi connectivity index (χ4v) is 2.64. The van der Waals surface area contributed by atoms with E-state index in [9.17, 15) is 4.39 Å². The summed E-state index contributed by atoms with van der Waals surface area (Å²) in [7, 11) is 1.61. The molecular formula is C17H16FN3O2S. The number of aromatic nitrogens is 2. The molecule has 3 aromatic rings. The van der Waals surface area contributed by atoms with Crippen molar-refractivity contribution in [2.45, 2.75) is 13.2 Å². The molecule has 5 nitrogen and oxygen atoms in total. The number of hydrogen-bond acceptors (Lipinski definition) is 6. The molecule has 0 fully saturated rings. The van der Waals surface area contributed by atoms with E-state index < -0.39 is 5.82 Å². The number of benzene rings is 1. The maximum Gasteiger partial charge on any atom is 0.318 e. The number of methoxy groups -OCH3 is 1. The van der Waals surface area contributed by atoms with E-state index >= 15 is 0 Å². The van der Waals surface area contributed by atoms with Gasteiger partial charge in [-0.2, -0.15) is 4.98 Å². The van der Waals surface area contributed by atoms with Gasteiger partial charge in [0.05, 0.1) is 19.9 Å². The number of nitrogens with one attached hydrogen (secondary N) is 1. The molecule has 24 heavy (non-hydrogen) atoms. The summed E-state index contributed by atoms with van der Waals surface area (Å²) in [6.45, 7) is 0.795. The summed E-state index contributed by atoms with van der Waals surface area (Å²) in [6, 6.07) is 11.5. The predicted octanol–water partition coefficient (Wildman–Crippen LogP) is 3.88. The van der Waals surface area contributed by atoms with E-state index in [0.717, 1.165) is 22.4 Å². The van der Waals surface area contributed by atoms with Gasteiger partial charge in [0.15, 0.2) is 11.6 Å². The summed E-state index contributed by atoms with van der Waals surface area (Å²) >= 11 is 1.59. The lowest BCUT2D eigenvalue weighted by atomic mass is 10.2. The Morgan fingerprint density at radius 3 is 2.75 bits per heavy atom. The SMILES string of the molecule is COc1ccc(COc2ncc(F)c(NCc3cccs3)n2)cc1. The van der Waals surface area contributed by atoms with E-state index in [-0.39, 0.29) is 11.8 Å². The van der Waals surface area contributed by atoms with Crippen molar-refractivity contribution in [3.05, 3.63) is 64.2 Å². The molecule has 0 saturated heterocycles. The molecule has 7 heteroatoms. The van der Waals surface area contributed by atoms with Crippen molar-refractivity contribution in [1.29, 1.82) is 0 Å². The minimum Gasteiger partial charge on any atom is -0.497 e. The van der Waals surface area contributed by atoms with E-state index in [0.29, 0.717) is 13.2 Å². The summed E-state index contributed by atoms with van der Waals surface area (Å²) in [5, 5.41) is 4.93. The largest absolute Gasteiger partial charge is 0.497 e. The van der Waals surface area contributed by atoms with Crippen LogP contribution in [-0.4, -0.2) is 17.1 Å². The maximum atomic E-state index is 13.8. The topological polar surface area (TPSA) is 56.3 Å². The van der Waals surface area contributed by atoms with Crippen molar-refractivity contribution >= 4 is 17.2 Å². The molecule has 2 heterocycles. The van der Waals surface area contributed by atoms with Crippen LogP contribution in [0.1, 0.15) is 10.4 Å². The average molecular weight is 345 g/mol. The molecule has 0 atom stereocenters. The molecule has 1 aromatic carbocycles. The Morgan fingerprint density at radius 2 is 2.04 bits per heavy atom. The van der Waals surface area contributed by atoms with Crippen LogP contribution in [-0.2, 0) is 13.2 Å². The second-order valence-electron chi connectivity index (χ2n) is 4.92. The minimum atomic E-state index is -0.511. The van der Waals surface area contributed by atoms with Gasteiger partial charge in [-0.1, -0.05) is 18.2 Å². The number of ether oxygens (including phenoxy) is 2. The first kappa shape index (κ1) is 16.2. The Bertz CT molecular complexity index is 779. The van der Waals surface area contributed by atoms with E-state index in [1.54, 1.807) is 18.4 Å². The third-order valence-electron chi connectivity index (χ3n) is 3.26. The summed E-state index contributed by atoms with van der Waals surface area (Å²) in [6.07, 6.45) is 1.10. The highest BCUT2D eigenvalue weighted by Crippen LogP contribution is 2.17. The van der Waals surface area contributed by atoms with Gasteiger partial charge in [0, 0.05) is 4.88 Å². The van der Waals surface area contributed by atoms with Crippen LogP contribution in [0.25, 0.3) is 0 Å². The first-order valence-electron chi connectivity index (χ1n) is 7.29. The van der Waals surface area contributed by atoms with Crippen molar-refractivity contribution in [2.75, 3.05) is 12.4 Å². The lowest BCUT2D eigenvalue weighted by Crippen LogP contribution is -2.06. The van der Waals surface area contributed by atoms with Gasteiger partial charge in [0.1, 0.15) is 12.4 Å². The van der Waals surface area contributed by atoms with Crippen molar-refractivity contribution in [3.8, 4) is 11.8 Å². The normalized spacial score (nSPS) is 10.4. The Kier molecular flexibility index (Phi) is 5.22. The molecule has 0 unspecified atom stereocenters. The second-order valence-corrected chi connectivity index (χ2v) is 5.95. The van der Waals surface area contributed by atoms with Crippen LogP contribution in [0.4, 0.5) is 10.2 Å². The molecule has 0 aliphatic heterocycles. The van der Waals surface area contributed by atoms with Crippen LogP contribution >= 0.6 is 11.3 Å². The fourth-order valence-electron chi connectivity index (χ4n) is 2.00. The van der Waals surface area contributed by atoms with Gasteiger partial charge in [-0.25, -0.2) is 9.37 Å². The van der Waals surface area contributed by atoms with Crippen LogP contribution in [0, 0.1) is 5.82 Å². The summed E-state index contributed by atoms with van der Waals surface area (Å²) < 4.78 is 24.4. The highest BCUT2D eigenvalue weighted by molar-refractivity contribution is 7.09. The van der Waals surface area contributed by atoms with Gasteiger partial charge < -0.3 is 14.8 Å². The van der Waals surface area contributed by atoms with E-state index in [1.807, 2.05) is 41.8 Å². The number of rotatable bonds is 7. The van der Waals surface area contributed by atoms with Gasteiger partial charge >= 0.3 is 6.01 Å². The average Bonchev–Trinajstić information content (AvgIpc) is 3.14. The number of anilines is 1. The third-order valence-corrected chi connectivity index (χ3v) is 4.14. The van der Waals surface area contributed by atoms with Gasteiger partial charge in [-0.15, -0.1) is 11.3 Å². The number of hydrogen-bond donors (Lipinski definition) is 1. The molecule has 0 bridgehead atoms. The lowest BCUT2D eigenvalue weighted by Gasteiger charge is -2.09. The van der Waals surface area contributed by atoms with Crippen molar-refractivity contribution in [3.63, 3.8) is 0 Å². The highest BCUT2D eigenvalue weighted by Gasteiger charge is 2.08. The van der Waals surface area contributed by atoms with Crippen LogP contribution in [0.5, 0.6) is 11.8 Å². The zero-order valence-corrected chi connectivity index (χ0v) is 13.8. The summed E-state index contributed by atoms with van der Waals surface area (Å²) in [5.41, 5.74) is 0.941.